The summed E-state index contributed by atoms with van der Waals surface area (Å²) < 4.78 is 5.06. The standard InChI is InChI=1S/C10H7NO6/c12-7-4-9(10(13)14)17-8-2-1-5(11(15)16)3-6(7)8/h1-3,9H,4H2,(H,13,14)/t9-/m0/s1. The molecule has 17 heavy (non-hydrogen) atoms. The molecule has 1 N–H and O–H groups in total. The summed E-state index contributed by atoms with van der Waals surface area (Å²) in [6.07, 6.45) is -1.54. The van der Waals surface area contributed by atoms with Crippen LogP contribution in [0, 0.1) is 10.1 Å². The van der Waals surface area contributed by atoms with E-state index in [2.05, 4.69) is 0 Å². The average molecular weight is 237 g/mol. The summed E-state index contributed by atoms with van der Waals surface area (Å²) in [7, 11) is 0. The van der Waals surface area contributed by atoms with E-state index < -0.39 is 22.8 Å². The van der Waals surface area contributed by atoms with E-state index in [0.29, 0.717) is 0 Å². The minimum absolute atomic E-state index is 0.0525. The number of Topliss-reactive ketones (excluding diaryl/α,β-unsaturated/α-hetero) is 1. The molecule has 0 aliphatic carbocycles. The van der Waals surface area contributed by atoms with Crippen LogP contribution in [0.2, 0.25) is 0 Å². The van der Waals surface area contributed by atoms with Crippen molar-refractivity contribution in [3.63, 3.8) is 0 Å². The third-order valence-corrected chi connectivity index (χ3v) is 2.39. The van der Waals surface area contributed by atoms with E-state index in [9.17, 15) is 19.7 Å². The third kappa shape index (κ3) is 1.94. The van der Waals surface area contributed by atoms with E-state index in [0.717, 1.165) is 12.1 Å². The van der Waals surface area contributed by atoms with Crippen molar-refractivity contribution >= 4 is 17.4 Å². The normalized spacial score (nSPS) is 18.1. The van der Waals surface area contributed by atoms with Crippen molar-refractivity contribution in [2.45, 2.75) is 12.5 Å². The molecule has 1 atom stereocenters. The largest absolute Gasteiger partial charge is 0.478 e. The monoisotopic (exact) mass is 237 g/mol. The summed E-state index contributed by atoms with van der Waals surface area (Å²) >= 11 is 0. The molecule has 2 rings (SSSR count). The molecule has 1 aromatic carbocycles. The van der Waals surface area contributed by atoms with Crippen LogP contribution in [-0.2, 0) is 4.79 Å². The Morgan fingerprint density at radius 2 is 2.24 bits per heavy atom. The zero-order valence-electron chi connectivity index (χ0n) is 8.45. The van der Waals surface area contributed by atoms with Crippen LogP contribution in [0.1, 0.15) is 16.8 Å². The summed E-state index contributed by atoms with van der Waals surface area (Å²) in [6.45, 7) is 0. The van der Waals surface area contributed by atoms with Gasteiger partial charge in [0, 0.05) is 12.1 Å². The lowest BCUT2D eigenvalue weighted by Crippen LogP contribution is -2.33. The number of ketones is 1. The number of carbonyl (C=O) groups is 2. The molecule has 0 amide bonds. The molecule has 1 aliphatic rings. The Morgan fingerprint density at radius 3 is 2.82 bits per heavy atom. The SMILES string of the molecule is O=C1C[C@@H](C(=O)O)Oc2ccc([N+](=O)[O-])cc21. The van der Waals surface area contributed by atoms with Crippen LogP contribution in [-0.4, -0.2) is 27.9 Å². The fourth-order valence-electron chi connectivity index (χ4n) is 1.56. The van der Waals surface area contributed by atoms with E-state index in [1.165, 1.54) is 6.07 Å². The van der Waals surface area contributed by atoms with Gasteiger partial charge in [0.15, 0.2) is 5.78 Å². The van der Waals surface area contributed by atoms with E-state index in [4.69, 9.17) is 9.84 Å². The number of nitro benzene ring substituents is 1. The highest BCUT2D eigenvalue weighted by molar-refractivity contribution is 6.02. The highest BCUT2D eigenvalue weighted by atomic mass is 16.6. The number of benzene rings is 1. The van der Waals surface area contributed by atoms with E-state index in [1.807, 2.05) is 0 Å². The summed E-state index contributed by atoms with van der Waals surface area (Å²) in [5.41, 5.74) is -0.175. The Kier molecular flexibility index (Phi) is 2.51. The zero-order chi connectivity index (χ0) is 12.6. The highest BCUT2D eigenvalue weighted by Gasteiger charge is 2.32. The molecule has 1 aromatic rings. The Bertz CT molecular complexity index is 524. The Balaban J connectivity index is 2.42. The molecule has 0 saturated heterocycles. The van der Waals surface area contributed by atoms with Crippen LogP contribution in [0.5, 0.6) is 5.75 Å². The predicted molar refractivity (Wildman–Crippen MR) is 54.1 cm³/mol. The first-order valence-corrected chi connectivity index (χ1v) is 4.70. The number of ether oxygens (including phenoxy) is 1. The van der Waals surface area contributed by atoms with E-state index in [1.54, 1.807) is 0 Å². The van der Waals surface area contributed by atoms with Gasteiger partial charge < -0.3 is 9.84 Å². The summed E-state index contributed by atoms with van der Waals surface area (Å²) in [6, 6.07) is 3.49. The van der Waals surface area contributed by atoms with Gasteiger partial charge in [-0.1, -0.05) is 0 Å². The first kappa shape index (κ1) is 11.1. The second-order valence-electron chi connectivity index (χ2n) is 3.51. The molecule has 0 spiro atoms. The summed E-state index contributed by atoms with van der Waals surface area (Å²) in [4.78, 5) is 32.2. The van der Waals surface area contributed by atoms with Crippen molar-refractivity contribution < 1.29 is 24.4 Å². The number of nitrogens with zero attached hydrogens (tertiary/aromatic N) is 1. The fraction of sp³-hybridized carbons (Fsp3) is 0.200. The molecule has 1 heterocycles. The van der Waals surface area contributed by atoms with Gasteiger partial charge in [0.1, 0.15) is 5.75 Å². The first-order chi connectivity index (χ1) is 7.99. The maximum absolute atomic E-state index is 11.6. The third-order valence-electron chi connectivity index (χ3n) is 2.39. The smallest absolute Gasteiger partial charge is 0.345 e. The van der Waals surface area contributed by atoms with Crippen LogP contribution in [0.25, 0.3) is 0 Å². The lowest BCUT2D eigenvalue weighted by molar-refractivity contribution is -0.384. The Hall–Kier alpha value is -2.44. The minimum Gasteiger partial charge on any atom is -0.478 e. The molecule has 0 unspecified atom stereocenters. The quantitative estimate of drug-likeness (QED) is 0.607. The number of carboxylic acid groups (broad SMARTS) is 1. The maximum Gasteiger partial charge on any atom is 0.345 e. The summed E-state index contributed by atoms with van der Waals surface area (Å²) in [5.74, 6) is -1.64. The maximum atomic E-state index is 11.6. The molecule has 1 aliphatic heterocycles. The lowest BCUT2D eigenvalue weighted by Gasteiger charge is -2.21. The molecular formula is C10H7NO6. The Morgan fingerprint density at radius 1 is 1.53 bits per heavy atom. The predicted octanol–water partition coefficient (Wildman–Crippen LogP) is 1.01. The molecule has 7 nitrogen and oxygen atoms in total. The Labute approximate surface area is 94.8 Å². The van der Waals surface area contributed by atoms with Crippen molar-refractivity contribution in [1.82, 2.24) is 0 Å². The van der Waals surface area contributed by atoms with Crippen LogP contribution >= 0.6 is 0 Å². The second kappa shape index (κ2) is 3.85. The van der Waals surface area contributed by atoms with Gasteiger partial charge in [-0.05, 0) is 6.07 Å². The van der Waals surface area contributed by atoms with Crippen molar-refractivity contribution in [1.29, 1.82) is 0 Å². The molecule has 0 saturated carbocycles. The number of fused-ring (bicyclic) bond motifs is 1. The number of aliphatic carboxylic acids is 1. The van der Waals surface area contributed by atoms with Gasteiger partial charge in [-0.15, -0.1) is 0 Å². The number of hydrogen-bond donors (Lipinski definition) is 1. The molecule has 88 valence electrons. The van der Waals surface area contributed by atoms with E-state index >= 15 is 0 Å². The molecular weight excluding hydrogens is 230 g/mol. The van der Waals surface area contributed by atoms with Gasteiger partial charge in [0.05, 0.1) is 16.9 Å². The molecule has 0 fully saturated rings. The van der Waals surface area contributed by atoms with Gasteiger partial charge in [-0.25, -0.2) is 4.79 Å². The second-order valence-corrected chi connectivity index (χ2v) is 3.51. The van der Waals surface area contributed by atoms with Crippen LogP contribution in [0.4, 0.5) is 5.69 Å². The zero-order valence-corrected chi connectivity index (χ0v) is 8.45. The average Bonchev–Trinajstić information content (AvgIpc) is 2.28. The van der Waals surface area contributed by atoms with Gasteiger partial charge >= 0.3 is 5.97 Å². The molecule has 0 bridgehead atoms. The topological polar surface area (TPSA) is 107 Å². The number of nitro groups is 1. The van der Waals surface area contributed by atoms with Gasteiger partial charge in [0.2, 0.25) is 6.10 Å². The van der Waals surface area contributed by atoms with Crippen molar-refractivity contribution in [2.75, 3.05) is 0 Å². The van der Waals surface area contributed by atoms with Crippen molar-refractivity contribution in [2.24, 2.45) is 0 Å². The van der Waals surface area contributed by atoms with Crippen LogP contribution in [0.3, 0.4) is 0 Å². The number of hydrogen-bond acceptors (Lipinski definition) is 5. The first-order valence-electron chi connectivity index (χ1n) is 4.70. The molecule has 0 aromatic heterocycles. The van der Waals surface area contributed by atoms with Crippen LogP contribution in [0.15, 0.2) is 18.2 Å². The lowest BCUT2D eigenvalue weighted by atomic mass is 10.0. The highest BCUT2D eigenvalue weighted by Crippen LogP contribution is 2.30. The number of non-ortho nitro benzene ring substituents is 1. The fourth-order valence-corrected chi connectivity index (χ4v) is 1.56. The minimum atomic E-state index is -1.23. The molecule has 0 radical (unpaired) electrons. The number of carbonyl (C=O) groups excluding carboxylic acids is 1. The summed E-state index contributed by atoms with van der Waals surface area (Å²) in [5, 5.41) is 19.3. The van der Waals surface area contributed by atoms with Crippen LogP contribution < -0.4 is 4.74 Å². The van der Waals surface area contributed by atoms with Crippen molar-refractivity contribution in [3.8, 4) is 5.75 Å². The van der Waals surface area contributed by atoms with Gasteiger partial charge in [0.25, 0.3) is 5.69 Å². The van der Waals surface area contributed by atoms with Gasteiger partial charge in [-0.3, -0.25) is 14.9 Å². The van der Waals surface area contributed by atoms with E-state index in [-0.39, 0.29) is 23.4 Å². The van der Waals surface area contributed by atoms with Gasteiger partial charge in [-0.2, -0.15) is 0 Å². The van der Waals surface area contributed by atoms with Crippen molar-refractivity contribution in [3.05, 3.63) is 33.9 Å². The molecule has 7 heteroatoms. The number of rotatable bonds is 2. The number of carboxylic acids is 1.